The van der Waals surface area contributed by atoms with Crippen LogP contribution in [0.25, 0.3) is 17.2 Å². The van der Waals surface area contributed by atoms with Gasteiger partial charge in [0.25, 0.3) is 5.88 Å². The Bertz CT molecular complexity index is 1500. The van der Waals surface area contributed by atoms with E-state index in [1.165, 1.54) is 6.08 Å². The van der Waals surface area contributed by atoms with Crippen molar-refractivity contribution in [1.29, 1.82) is 10.5 Å². The van der Waals surface area contributed by atoms with Crippen LogP contribution in [-0.2, 0) is 6.54 Å². The number of imidazole rings is 1. The van der Waals surface area contributed by atoms with Crippen LogP contribution >= 0.6 is 0 Å². The Morgan fingerprint density at radius 3 is 2.61 bits per heavy atom. The van der Waals surface area contributed by atoms with Crippen molar-refractivity contribution in [3.05, 3.63) is 45.4 Å². The molecule has 11 heteroatoms. The molecule has 3 saturated carbocycles. The number of anilines is 1. The Morgan fingerprint density at radius 2 is 2.00 bits per heavy atom. The van der Waals surface area contributed by atoms with Gasteiger partial charge in [0.05, 0.1) is 30.7 Å². The minimum absolute atomic E-state index is 0.0547. The summed E-state index contributed by atoms with van der Waals surface area (Å²) < 4.78 is 21.5. The minimum Gasteiger partial charge on any atom is -0.436 e. The van der Waals surface area contributed by atoms with Gasteiger partial charge in [0, 0.05) is 11.6 Å². The molecule has 6 rings (SSSR count). The molecular formula is C25H24FN7O3. The molecule has 1 atom stereocenters. The highest BCUT2D eigenvalue weighted by atomic mass is 19.1. The van der Waals surface area contributed by atoms with Gasteiger partial charge in [-0.05, 0) is 68.0 Å². The highest BCUT2D eigenvalue weighted by Crippen LogP contribution is 2.67. The van der Waals surface area contributed by atoms with Crippen molar-refractivity contribution in [2.24, 2.45) is 5.41 Å². The van der Waals surface area contributed by atoms with E-state index in [-0.39, 0.29) is 33.9 Å². The molecule has 3 N–H and O–H groups in total. The summed E-state index contributed by atoms with van der Waals surface area (Å²) in [5.74, 6) is 0.794. The number of hydrogen-bond donors (Lipinski definition) is 3. The Kier molecular flexibility index (Phi) is 5.53. The summed E-state index contributed by atoms with van der Waals surface area (Å²) in [5, 5.41) is 30.6. The highest BCUT2D eigenvalue weighted by molar-refractivity contribution is 5.79. The van der Waals surface area contributed by atoms with Gasteiger partial charge in [-0.3, -0.25) is 9.55 Å². The fourth-order valence-electron chi connectivity index (χ4n) is 5.34. The van der Waals surface area contributed by atoms with Gasteiger partial charge in [-0.1, -0.05) is 0 Å². The van der Waals surface area contributed by atoms with Crippen LogP contribution < -0.4 is 15.7 Å². The molecule has 2 heterocycles. The summed E-state index contributed by atoms with van der Waals surface area (Å²) in [5.41, 5.74) is 1.58. The number of benzene rings is 1. The van der Waals surface area contributed by atoms with Gasteiger partial charge in [0.1, 0.15) is 11.9 Å². The summed E-state index contributed by atoms with van der Waals surface area (Å²) in [6.45, 7) is 2.56. The number of hydrogen-bond acceptors (Lipinski definition) is 8. The first-order chi connectivity index (χ1) is 17.2. The Hall–Kier alpha value is -4.22. The zero-order chi connectivity index (χ0) is 25.7. The lowest BCUT2D eigenvalue weighted by Crippen LogP contribution is -2.70. The number of halogens is 1. The molecule has 36 heavy (non-hydrogen) atoms. The molecule has 3 aromatic rings. The maximum atomic E-state index is 14.1. The van der Waals surface area contributed by atoms with Crippen LogP contribution in [0.4, 0.5) is 10.3 Å². The van der Waals surface area contributed by atoms with Crippen molar-refractivity contribution in [2.45, 2.75) is 51.4 Å². The number of ether oxygens (including phenoxy) is 1. The molecule has 1 unspecified atom stereocenters. The molecule has 0 radical (unpaired) electrons. The molecule has 0 saturated heterocycles. The number of aliphatic hydroxyl groups is 1. The van der Waals surface area contributed by atoms with Crippen LogP contribution in [0.3, 0.4) is 0 Å². The third kappa shape index (κ3) is 3.88. The van der Waals surface area contributed by atoms with Crippen LogP contribution in [0.5, 0.6) is 11.6 Å². The van der Waals surface area contributed by atoms with E-state index in [9.17, 15) is 19.6 Å². The van der Waals surface area contributed by atoms with Gasteiger partial charge in [-0.25, -0.2) is 9.18 Å². The molecule has 184 valence electrons. The average Bonchev–Trinajstić information content (AvgIpc) is 3.10. The molecule has 1 aromatic carbocycles. The highest BCUT2D eigenvalue weighted by Gasteiger charge is 2.69. The molecule has 2 aromatic heterocycles. The molecule has 3 aliphatic rings. The number of aromatic nitrogens is 4. The molecule has 10 nitrogen and oxygen atoms in total. The smallest absolute Gasteiger partial charge is 0.327 e. The third-order valence-electron chi connectivity index (χ3n) is 6.85. The number of aromatic amines is 1. The number of rotatable bonds is 8. The lowest BCUT2D eigenvalue weighted by atomic mass is 9.40. The first-order valence-corrected chi connectivity index (χ1v) is 11.5. The van der Waals surface area contributed by atoms with E-state index in [1.54, 1.807) is 6.08 Å². The summed E-state index contributed by atoms with van der Waals surface area (Å²) >= 11 is 0. The predicted molar refractivity (Wildman–Crippen MR) is 129 cm³/mol. The molecular weight excluding hydrogens is 465 g/mol. The minimum atomic E-state index is -1.66. The maximum Gasteiger partial charge on any atom is 0.327 e. The lowest BCUT2D eigenvalue weighted by molar-refractivity contribution is -0.0665. The van der Waals surface area contributed by atoms with E-state index in [1.807, 2.05) is 32.0 Å². The lowest BCUT2D eigenvalue weighted by Gasteiger charge is -2.66. The van der Waals surface area contributed by atoms with Gasteiger partial charge in [0.15, 0.2) is 11.2 Å². The summed E-state index contributed by atoms with van der Waals surface area (Å²) in [6.07, 6.45) is 3.50. The number of fused-ring (bicyclic) bond motifs is 1. The van der Waals surface area contributed by atoms with Gasteiger partial charge < -0.3 is 15.2 Å². The molecule has 0 spiro atoms. The average molecular weight is 490 g/mol. The number of nitrogens with one attached hydrogen (secondary N) is 2. The van der Waals surface area contributed by atoms with Crippen molar-refractivity contribution in [1.82, 2.24) is 19.5 Å². The first-order valence-electron chi connectivity index (χ1n) is 11.5. The van der Waals surface area contributed by atoms with Crippen LogP contribution in [0.15, 0.2) is 23.0 Å². The fourth-order valence-corrected chi connectivity index (χ4v) is 5.34. The maximum absolute atomic E-state index is 14.1. The van der Waals surface area contributed by atoms with Crippen LogP contribution in [0, 0.1) is 41.9 Å². The van der Waals surface area contributed by atoms with Crippen molar-refractivity contribution in [3.8, 4) is 23.8 Å². The van der Waals surface area contributed by atoms with E-state index in [0.29, 0.717) is 25.0 Å². The van der Waals surface area contributed by atoms with Crippen molar-refractivity contribution in [3.63, 3.8) is 0 Å². The summed E-state index contributed by atoms with van der Waals surface area (Å²) in [6, 6.07) is 8.02. The molecule has 2 bridgehead atoms. The number of nitrogens with zero attached hydrogens (tertiary/aromatic N) is 5. The van der Waals surface area contributed by atoms with E-state index in [4.69, 9.17) is 10.00 Å². The third-order valence-corrected chi connectivity index (χ3v) is 6.85. The number of H-pyrrole nitrogens is 1. The molecule has 0 aliphatic heterocycles. The van der Waals surface area contributed by atoms with Gasteiger partial charge >= 0.3 is 5.69 Å². The molecule has 0 amide bonds. The Morgan fingerprint density at radius 1 is 1.31 bits per heavy atom. The van der Waals surface area contributed by atoms with Crippen LogP contribution in [0.1, 0.15) is 36.0 Å². The van der Waals surface area contributed by atoms with Crippen molar-refractivity contribution in [2.75, 3.05) is 11.9 Å². The zero-order valence-corrected chi connectivity index (χ0v) is 19.8. The van der Waals surface area contributed by atoms with Crippen LogP contribution in [0.2, 0.25) is 0 Å². The van der Waals surface area contributed by atoms with Gasteiger partial charge in [-0.2, -0.15) is 20.5 Å². The monoisotopic (exact) mass is 489 g/mol. The zero-order valence-electron chi connectivity index (χ0n) is 19.8. The standard InChI is InChI=1S/C25H24FN7O3/c1-14-6-16(4-3-5-27)7-15(2)19(14)36-21-18-20(30-23(35)33(18)8-17(26)9-34)29-22(31-21)32-25-10-24(11-25,12-25)13-28/h3-4,6-7,17,34H,8-12H2,1-2H3,(H2,29,30,31,32,35)/b4-3+. The SMILES string of the molecule is Cc1cc(/C=C/C#N)cc(C)c1Oc1nc(NC23CC(C#N)(C2)C3)nc2[nH]c(=O)n(CC(F)CO)c12. The number of aliphatic hydroxyl groups excluding tert-OH is 1. The van der Waals surface area contributed by atoms with E-state index >= 15 is 0 Å². The number of nitriles is 2. The van der Waals surface area contributed by atoms with Gasteiger partial charge in [-0.15, -0.1) is 0 Å². The number of aryl methyl sites for hydroxylation is 2. The molecule has 3 aliphatic carbocycles. The quantitative estimate of drug-likeness (QED) is 0.408. The van der Waals surface area contributed by atoms with Crippen LogP contribution in [-0.4, -0.2) is 42.9 Å². The largest absolute Gasteiger partial charge is 0.436 e. The Balaban J connectivity index is 1.57. The van der Waals surface area contributed by atoms with E-state index in [0.717, 1.165) is 21.3 Å². The Labute approximate surface area is 205 Å². The number of allylic oxidation sites excluding steroid dienone is 1. The second-order valence-electron chi connectivity index (χ2n) is 9.75. The molecule has 3 fully saturated rings. The summed E-state index contributed by atoms with van der Waals surface area (Å²) in [4.78, 5) is 24.3. The second-order valence-corrected chi connectivity index (χ2v) is 9.75. The van der Waals surface area contributed by atoms with Crippen molar-refractivity contribution < 1.29 is 14.2 Å². The van der Waals surface area contributed by atoms with E-state index in [2.05, 4.69) is 26.3 Å². The second kappa shape index (κ2) is 8.47. The predicted octanol–water partition coefficient (Wildman–Crippen LogP) is 3.25. The number of alkyl halides is 1. The normalized spacial score (nSPS) is 22.9. The topological polar surface area (TPSA) is 153 Å². The van der Waals surface area contributed by atoms with E-state index < -0.39 is 25.0 Å². The first kappa shape index (κ1) is 23.5. The fraction of sp³-hybridized carbons (Fsp3) is 0.400. The van der Waals surface area contributed by atoms with Gasteiger partial charge in [0.2, 0.25) is 5.95 Å². The summed E-state index contributed by atoms with van der Waals surface area (Å²) in [7, 11) is 0. The van der Waals surface area contributed by atoms with Crippen molar-refractivity contribution >= 4 is 23.2 Å².